The molecule has 17 heavy (non-hydrogen) atoms. The minimum Gasteiger partial charge on any atom is -0.481 e. The van der Waals surface area contributed by atoms with Crippen molar-refractivity contribution in [3.05, 3.63) is 0 Å². The zero-order chi connectivity index (χ0) is 12.3. The molecule has 5 heteroatoms. The molecule has 0 aromatic rings. The first-order valence-electron chi connectivity index (χ1n) is 6.39. The van der Waals surface area contributed by atoms with Gasteiger partial charge in [-0.3, -0.25) is 9.59 Å². The normalized spacial score (nSPS) is 32.6. The van der Waals surface area contributed by atoms with Gasteiger partial charge in [0.05, 0.1) is 5.92 Å². The van der Waals surface area contributed by atoms with E-state index in [0.29, 0.717) is 18.8 Å². The largest absolute Gasteiger partial charge is 0.481 e. The number of carbonyl (C=O) groups is 2. The lowest BCUT2D eigenvalue weighted by Gasteiger charge is -2.18. The number of carboxylic acid groups (broad SMARTS) is 1. The van der Waals surface area contributed by atoms with Gasteiger partial charge in [-0.05, 0) is 38.3 Å². The molecule has 2 rings (SSSR count). The SMILES string of the molecule is O=C(CC1CCNC1)NC1CCCC1C(=O)O. The summed E-state index contributed by atoms with van der Waals surface area (Å²) < 4.78 is 0. The van der Waals surface area contributed by atoms with E-state index in [2.05, 4.69) is 10.6 Å². The summed E-state index contributed by atoms with van der Waals surface area (Å²) in [6.07, 6.45) is 3.94. The van der Waals surface area contributed by atoms with Crippen molar-refractivity contribution >= 4 is 11.9 Å². The molecule has 2 fully saturated rings. The van der Waals surface area contributed by atoms with E-state index in [1.54, 1.807) is 0 Å². The Balaban J connectivity index is 1.79. The fourth-order valence-electron chi connectivity index (χ4n) is 2.84. The van der Waals surface area contributed by atoms with Gasteiger partial charge in [0.2, 0.25) is 5.91 Å². The summed E-state index contributed by atoms with van der Waals surface area (Å²) >= 11 is 0. The Hall–Kier alpha value is -1.10. The highest BCUT2D eigenvalue weighted by molar-refractivity contribution is 5.78. The van der Waals surface area contributed by atoms with Crippen LogP contribution in [0, 0.1) is 11.8 Å². The van der Waals surface area contributed by atoms with Crippen LogP contribution in [0.1, 0.15) is 32.1 Å². The van der Waals surface area contributed by atoms with E-state index in [0.717, 1.165) is 32.4 Å². The minimum atomic E-state index is -0.782. The molecular weight excluding hydrogens is 220 g/mol. The second-order valence-corrected chi connectivity index (χ2v) is 5.11. The van der Waals surface area contributed by atoms with E-state index in [1.807, 2.05) is 0 Å². The summed E-state index contributed by atoms with van der Waals surface area (Å²) in [4.78, 5) is 22.8. The summed E-state index contributed by atoms with van der Waals surface area (Å²) in [5, 5.41) is 15.1. The maximum absolute atomic E-state index is 11.8. The molecule has 0 bridgehead atoms. The first-order valence-corrected chi connectivity index (χ1v) is 6.39. The van der Waals surface area contributed by atoms with Gasteiger partial charge < -0.3 is 15.7 Å². The Kier molecular flexibility index (Phi) is 3.99. The van der Waals surface area contributed by atoms with Crippen molar-refractivity contribution in [1.82, 2.24) is 10.6 Å². The maximum Gasteiger partial charge on any atom is 0.308 e. The summed E-state index contributed by atoms with van der Waals surface area (Å²) in [6.45, 7) is 1.89. The number of aliphatic carboxylic acids is 1. The lowest BCUT2D eigenvalue weighted by molar-refractivity contribution is -0.142. The van der Waals surface area contributed by atoms with Crippen LogP contribution in [-0.4, -0.2) is 36.1 Å². The van der Waals surface area contributed by atoms with Crippen molar-refractivity contribution in [2.24, 2.45) is 11.8 Å². The average Bonchev–Trinajstić information content (AvgIpc) is 2.88. The molecule has 1 heterocycles. The van der Waals surface area contributed by atoms with Gasteiger partial charge in [-0.25, -0.2) is 0 Å². The molecule has 3 unspecified atom stereocenters. The monoisotopic (exact) mass is 240 g/mol. The van der Waals surface area contributed by atoms with Crippen molar-refractivity contribution in [1.29, 1.82) is 0 Å². The molecule has 0 aromatic heterocycles. The van der Waals surface area contributed by atoms with Crippen LogP contribution in [0.2, 0.25) is 0 Å². The molecule has 0 aromatic carbocycles. The van der Waals surface area contributed by atoms with Crippen LogP contribution >= 0.6 is 0 Å². The van der Waals surface area contributed by atoms with Crippen LogP contribution < -0.4 is 10.6 Å². The van der Waals surface area contributed by atoms with Gasteiger partial charge in [-0.15, -0.1) is 0 Å². The number of hydrogen-bond acceptors (Lipinski definition) is 3. The van der Waals surface area contributed by atoms with E-state index < -0.39 is 5.97 Å². The Morgan fingerprint density at radius 1 is 1.29 bits per heavy atom. The van der Waals surface area contributed by atoms with Gasteiger partial charge in [0.25, 0.3) is 0 Å². The molecule has 1 saturated carbocycles. The van der Waals surface area contributed by atoms with Crippen molar-refractivity contribution in [3.63, 3.8) is 0 Å². The van der Waals surface area contributed by atoms with Crippen molar-refractivity contribution in [2.45, 2.75) is 38.1 Å². The van der Waals surface area contributed by atoms with E-state index >= 15 is 0 Å². The van der Waals surface area contributed by atoms with Gasteiger partial charge in [0.1, 0.15) is 0 Å². The van der Waals surface area contributed by atoms with Gasteiger partial charge in [-0.1, -0.05) is 6.42 Å². The van der Waals surface area contributed by atoms with Crippen LogP contribution in [0.4, 0.5) is 0 Å². The quantitative estimate of drug-likeness (QED) is 0.663. The molecule has 3 N–H and O–H groups in total. The number of amides is 1. The Bertz CT molecular complexity index is 300. The van der Waals surface area contributed by atoms with Crippen LogP contribution in [0.5, 0.6) is 0 Å². The summed E-state index contributed by atoms with van der Waals surface area (Å²) in [5.41, 5.74) is 0. The molecule has 1 amide bonds. The highest BCUT2D eigenvalue weighted by Gasteiger charge is 2.34. The zero-order valence-electron chi connectivity index (χ0n) is 9.95. The average molecular weight is 240 g/mol. The zero-order valence-corrected chi connectivity index (χ0v) is 9.95. The van der Waals surface area contributed by atoms with E-state index in [4.69, 9.17) is 5.11 Å². The summed E-state index contributed by atoms with van der Waals surface area (Å²) in [7, 11) is 0. The van der Waals surface area contributed by atoms with E-state index in [-0.39, 0.29) is 17.9 Å². The van der Waals surface area contributed by atoms with Crippen LogP contribution in [0.25, 0.3) is 0 Å². The summed E-state index contributed by atoms with van der Waals surface area (Å²) in [5.74, 6) is -0.743. The van der Waals surface area contributed by atoms with E-state index in [9.17, 15) is 9.59 Å². The molecule has 1 aliphatic heterocycles. The van der Waals surface area contributed by atoms with Crippen LogP contribution in [-0.2, 0) is 9.59 Å². The molecule has 5 nitrogen and oxygen atoms in total. The maximum atomic E-state index is 11.8. The Morgan fingerprint density at radius 2 is 2.12 bits per heavy atom. The second kappa shape index (κ2) is 5.49. The number of hydrogen-bond donors (Lipinski definition) is 3. The van der Waals surface area contributed by atoms with Crippen molar-refractivity contribution in [3.8, 4) is 0 Å². The third-order valence-electron chi connectivity index (χ3n) is 3.82. The van der Waals surface area contributed by atoms with Gasteiger partial charge >= 0.3 is 5.97 Å². The van der Waals surface area contributed by atoms with Gasteiger partial charge in [0.15, 0.2) is 0 Å². The van der Waals surface area contributed by atoms with Crippen molar-refractivity contribution in [2.75, 3.05) is 13.1 Å². The number of carbonyl (C=O) groups excluding carboxylic acids is 1. The Morgan fingerprint density at radius 3 is 2.76 bits per heavy atom. The molecule has 0 spiro atoms. The second-order valence-electron chi connectivity index (χ2n) is 5.11. The molecule has 1 aliphatic carbocycles. The first kappa shape index (κ1) is 12.4. The molecular formula is C12H20N2O3. The lowest BCUT2D eigenvalue weighted by atomic mass is 10.0. The number of carboxylic acids is 1. The molecule has 96 valence electrons. The molecule has 0 radical (unpaired) electrons. The number of rotatable bonds is 4. The lowest BCUT2D eigenvalue weighted by Crippen LogP contribution is -2.40. The van der Waals surface area contributed by atoms with Crippen molar-refractivity contribution < 1.29 is 14.7 Å². The first-order chi connectivity index (χ1) is 8.16. The highest BCUT2D eigenvalue weighted by Crippen LogP contribution is 2.26. The Labute approximate surface area is 101 Å². The predicted octanol–water partition coefficient (Wildman–Crippen LogP) is 0.355. The van der Waals surface area contributed by atoms with E-state index in [1.165, 1.54) is 0 Å². The predicted molar refractivity (Wildman–Crippen MR) is 62.5 cm³/mol. The topological polar surface area (TPSA) is 78.4 Å². The minimum absolute atomic E-state index is 0.0110. The highest BCUT2D eigenvalue weighted by atomic mass is 16.4. The third-order valence-corrected chi connectivity index (χ3v) is 3.82. The third kappa shape index (κ3) is 3.19. The van der Waals surface area contributed by atoms with Gasteiger partial charge in [-0.2, -0.15) is 0 Å². The number of nitrogens with one attached hydrogen (secondary N) is 2. The molecule has 3 atom stereocenters. The fourth-order valence-corrected chi connectivity index (χ4v) is 2.84. The standard InChI is InChI=1S/C12H20N2O3/c15-11(6-8-4-5-13-7-8)14-10-3-1-2-9(10)12(16)17/h8-10,13H,1-7H2,(H,14,15)(H,16,17). The fraction of sp³-hybridized carbons (Fsp3) is 0.833. The molecule has 2 aliphatic rings. The smallest absolute Gasteiger partial charge is 0.308 e. The molecule has 1 saturated heterocycles. The van der Waals surface area contributed by atoms with Gasteiger partial charge in [0, 0.05) is 12.5 Å². The summed E-state index contributed by atoms with van der Waals surface area (Å²) in [6, 6.07) is -0.158. The van der Waals surface area contributed by atoms with Crippen LogP contribution in [0.3, 0.4) is 0 Å². The van der Waals surface area contributed by atoms with Crippen LogP contribution in [0.15, 0.2) is 0 Å².